The molecule has 3 aromatic heterocycles. The Morgan fingerprint density at radius 3 is 1.51 bits per heavy atom. The van der Waals surface area contributed by atoms with Crippen molar-refractivity contribution in [2.24, 2.45) is 0 Å². The minimum absolute atomic E-state index is 0.665. The maximum Gasteiger partial charge on any atom is 0.164 e. The lowest BCUT2D eigenvalue weighted by atomic mass is 9.94. The molecular weight excluding hydrogens is 500 g/mol. The molecule has 0 fully saturated rings. The summed E-state index contributed by atoms with van der Waals surface area (Å²) in [5.74, 6) is 2.00. The van der Waals surface area contributed by atoms with Crippen molar-refractivity contribution in [2.45, 2.75) is 0 Å². The Labute approximate surface area is 235 Å². The molecular formula is C37H22N4. The lowest BCUT2D eigenvalue weighted by molar-refractivity contribution is 1.08. The van der Waals surface area contributed by atoms with Gasteiger partial charge in [0, 0.05) is 38.2 Å². The summed E-state index contributed by atoms with van der Waals surface area (Å²) in [5.41, 5.74) is 6.59. The fraction of sp³-hybridized carbons (Fsp3) is 0. The van der Waals surface area contributed by atoms with Gasteiger partial charge in [0.05, 0.1) is 16.6 Å². The van der Waals surface area contributed by atoms with E-state index in [4.69, 9.17) is 15.0 Å². The predicted molar refractivity (Wildman–Crippen MR) is 168 cm³/mol. The van der Waals surface area contributed by atoms with Crippen LogP contribution < -0.4 is 0 Å². The summed E-state index contributed by atoms with van der Waals surface area (Å²) < 4.78 is 2.43. The van der Waals surface area contributed by atoms with Gasteiger partial charge in [-0.25, -0.2) is 15.0 Å². The summed E-state index contributed by atoms with van der Waals surface area (Å²) in [6.45, 7) is 0. The van der Waals surface area contributed by atoms with Crippen molar-refractivity contribution in [1.29, 1.82) is 0 Å². The number of hydrogen-bond acceptors (Lipinski definition) is 3. The minimum atomic E-state index is 0.665. The van der Waals surface area contributed by atoms with Gasteiger partial charge in [-0.3, -0.25) is 0 Å². The van der Waals surface area contributed by atoms with E-state index in [1.165, 1.54) is 43.5 Å². The molecule has 0 aliphatic heterocycles. The molecule has 4 nitrogen and oxygen atoms in total. The van der Waals surface area contributed by atoms with Gasteiger partial charge in [-0.15, -0.1) is 0 Å². The van der Waals surface area contributed by atoms with Crippen molar-refractivity contribution >= 4 is 48.9 Å². The van der Waals surface area contributed by atoms with Gasteiger partial charge in [-0.1, -0.05) is 115 Å². The lowest BCUT2D eigenvalue weighted by Gasteiger charge is -2.15. The highest BCUT2D eigenvalue weighted by molar-refractivity contribution is 6.30. The number of pyridine rings is 1. The van der Waals surface area contributed by atoms with Crippen LogP contribution in [0.15, 0.2) is 133 Å². The molecule has 0 saturated carbocycles. The van der Waals surface area contributed by atoms with E-state index < -0.39 is 0 Å². The van der Waals surface area contributed by atoms with Crippen LogP contribution in [0.1, 0.15) is 0 Å². The van der Waals surface area contributed by atoms with Crippen molar-refractivity contribution in [2.75, 3.05) is 0 Å². The van der Waals surface area contributed by atoms with Gasteiger partial charge in [0.25, 0.3) is 0 Å². The van der Waals surface area contributed by atoms with Crippen molar-refractivity contribution in [3.05, 3.63) is 133 Å². The molecule has 0 aliphatic rings. The van der Waals surface area contributed by atoms with Crippen LogP contribution in [-0.2, 0) is 0 Å². The standard InChI is InChI=1S/C37H22N4/c1-3-12-23(13-4-1)35-38-36(24-14-5-2-6-15-24)40-37(39-35)30-22-29-26-17-8-10-21-32(26)41-31-20-9-7-16-25(31)27-18-11-19-28(30)33(27)34(29)41/h1-22H. The SMILES string of the molecule is c1ccc(-c2nc(-c3ccccc3)nc(-c3cc4c5ccccc5n5c6ccccc6c6cccc3c6c45)n2)cc1. The van der Waals surface area contributed by atoms with Crippen LogP contribution in [0.2, 0.25) is 0 Å². The first-order valence-electron chi connectivity index (χ1n) is 13.8. The van der Waals surface area contributed by atoms with Crippen molar-refractivity contribution in [3.8, 4) is 34.2 Å². The number of para-hydroxylation sites is 2. The third-order valence-corrected chi connectivity index (χ3v) is 8.17. The Kier molecular flexibility index (Phi) is 4.58. The molecule has 0 spiro atoms. The largest absolute Gasteiger partial charge is 0.308 e. The summed E-state index contributed by atoms with van der Waals surface area (Å²) in [6, 6.07) is 46.6. The molecule has 41 heavy (non-hydrogen) atoms. The first-order valence-corrected chi connectivity index (χ1v) is 13.8. The van der Waals surface area contributed by atoms with Crippen LogP contribution in [0.4, 0.5) is 0 Å². The Morgan fingerprint density at radius 1 is 0.390 bits per heavy atom. The third kappa shape index (κ3) is 3.19. The minimum Gasteiger partial charge on any atom is -0.308 e. The normalized spacial score (nSPS) is 11.9. The molecule has 0 amide bonds. The van der Waals surface area contributed by atoms with E-state index in [0.717, 1.165) is 22.1 Å². The summed E-state index contributed by atoms with van der Waals surface area (Å²) in [5, 5.41) is 7.26. The Hall–Kier alpha value is -5.61. The van der Waals surface area contributed by atoms with Crippen LogP contribution >= 0.6 is 0 Å². The average Bonchev–Trinajstić information content (AvgIpc) is 3.39. The van der Waals surface area contributed by atoms with Gasteiger partial charge in [-0.05, 0) is 29.0 Å². The molecule has 0 unspecified atom stereocenters. The lowest BCUT2D eigenvalue weighted by Crippen LogP contribution is -2.01. The van der Waals surface area contributed by atoms with Gasteiger partial charge in [-0.2, -0.15) is 0 Å². The number of fused-ring (bicyclic) bond motifs is 6. The monoisotopic (exact) mass is 522 g/mol. The fourth-order valence-corrected chi connectivity index (χ4v) is 6.40. The molecule has 0 atom stereocenters. The van der Waals surface area contributed by atoms with E-state index in [9.17, 15) is 0 Å². The summed E-state index contributed by atoms with van der Waals surface area (Å²) in [4.78, 5) is 15.1. The molecule has 0 saturated heterocycles. The quantitative estimate of drug-likeness (QED) is 0.172. The zero-order valence-electron chi connectivity index (χ0n) is 22.0. The number of rotatable bonds is 3. The third-order valence-electron chi connectivity index (χ3n) is 8.17. The predicted octanol–water partition coefficient (Wildman–Crippen LogP) is 9.18. The van der Waals surface area contributed by atoms with Gasteiger partial charge in [0.2, 0.25) is 0 Å². The van der Waals surface area contributed by atoms with Gasteiger partial charge in [0.1, 0.15) is 0 Å². The highest BCUT2D eigenvalue weighted by Gasteiger charge is 2.22. The second-order valence-electron chi connectivity index (χ2n) is 10.5. The molecule has 9 aromatic rings. The molecule has 190 valence electrons. The topological polar surface area (TPSA) is 43.1 Å². The smallest absolute Gasteiger partial charge is 0.164 e. The first kappa shape index (κ1) is 22.2. The van der Waals surface area contributed by atoms with E-state index in [2.05, 4.69) is 101 Å². The summed E-state index contributed by atoms with van der Waals surface area (Å²) in [6.07, 6.45) is 0. The zero-order valence-corrected chi connectivity index (χ0v) is 22.0. The van der Waals surface area contributed by atoms with Gasteiger partial charge in [0.15, 0.2) is 17.5 Å². The first-order chi connectivity index (χ1) is 20.3. The number of aromatic nitrogens is 4. The Bertz CT molecular complexity index is 2340. The van der Waals surface area contributed by atoms with E-state index in [-0.39, 0.29) is 0 Å². The van der Waals surface area contributed by atoms with Gasteiger partial charge >= 0.3 is 0 Å². The fourth-order valence-electron chi connectivity index (χ4n) is 6.40. The number of benzene rings is 6. The summed E-state index contributed by atoms with van der Waals surface area (Å²) >= 11 is 0. The van der Waals surface area contributed by atoms with Crippen molar-refractivity contribution in [1.82, 2.24) is 19.4 Å². The van der Waals surface area contributed by atoms with Crippen LogP contribution in [0, 0.1) is 0 Å². The second kappa shape index (κ2) is 8.44. The van der Waals surface area contributed by atoms with Crippen LogP contribution in [0.25, 0.3) is 83.0 Å². The van der Waals surface area contributed by atoms with Crippen molar-refractivity contribution < 1.29 is 0 Å². The molecule has 9 rings (SSSR count). The van der Waals surface area contributed by atoms with Crippen LogP contribution in [0.3, 0.4) is 0 Å². The molecule has 3 heterocycles. The van der Waals surface area contributed by atoms with Gasteiger partial charge < -0.3 is 4.40 Å². The molecule has 0 N–H and O–H groups in total. The second-order valence-corrected chi connectivity index (χ2v) is 10.5. The maximum atomic E-state index is 5.11. The van der Waals surface area contributed by atoms with Crippen molar-refractivity contribution in [3.63, 3.8) is 0 Å². The highest BCUT2D eigenvalue weighted by atomic mass is 15.0. The molecule has 6 aromatic carbocycles. The van der Waals surface area contributed by atoms with Crippen LogP contribution in [0.5, 0.6) is 0 Å². The average molecular weight is 523 g/mol. The molecule has 0 bridgehead atoms. The molecule has 0 aliphatic carbocycles. The molecule has 4 heteroatoms. The highest BCUT2D eigenvalue weighted by Crippen LogP contribution is 2.44. The summed E-state index contributed by atoms with van der Waals surface area (Å²) in [7, 11) is 0. The molecule has 0 radical (unpaired) electrons. The Balaban J connectivity index is 1.46. The maximum absolute atomic E-state index is 5.11. The number of hydrogen-bond donors (Lipinski definition) is 0. The number of nitrogens with zero attached hydrogens (tertiary/aromatic N) is 4. The van der Waals surface area contributed by atoms with E-state index >= 15 is 0 Å². The van der Waals surface area contributed by atoms with Crippen LogP contribution in [-0.4, -0.2) is 19.4 Å². The van der Waals surface area contributed by atoms with E-state index in [1.807, 2.05) is 36.4 Å². The van der Waals surface area contributed by atoms with E-state index in [0.29, 0.717) is 17.5 Å². The van der Waals surface area contributed by atoms with E-state index in [1.54, 1.807) is 0 Å². The zero-order chi connectivity index (χ0) is 26.9. The Morgan fingerprint density at radius 2 is 0.878 bits per heavy atom.